The number of hydrogen-bond acceptors (Lipinski definition) is 2. The van der Waals surface area contributed by atoms with Crippen molar-refractivity contribution in [3.05, 3.63) is 433 Å². The van der Waals surface area contributed by atoms with E-state index in [0.717, 1.165) is 0 Å². The summed E-state index contributed by atoms with van der Waals surface area (Å²) in [5, 5.41) is 27.3. The number of fused-ring (bicyclic) bond motifs is 46. The molecular weight excluding hydrogens is 1760 g/mol. The molecule has 0 aliphatic heterocycles. The minimum Gasteiger partial charge on any atom is -0.344 e. The van der Waals surface area contributed by atoms with Crippen molar-refractivity contribution in [2.24, 2.45) is 42.3 Å². The Labute approximate surface area is 833 Å². The van der Waals surface area contributed by atoms with Gasteiger partial charge in [-0.05, 0) is 168 Å². The maximum absolute atomic E-state index is 2.42. The van der Waals surface area contributed by atoms with Crippen molar-refractivity contribution in [1.29, 1.82) is 0 Å². The Morgan fingerprint density at radius 2 is 0.479 bits per heavy atom. The zero-order chi connectivity index (χ0) is 96.2. The van der Waals surface area contributed by atoms with Crippen LogP contribution in [-0.4, -0.2) is 27.4 Å². The fraction of sp³-hybridized carbons (Fsp3) is 0.134. The lowest BCUT2D eigenvalue weighted by molar-refractivity contribution is 0.660. The fourth-order valence-electron chi connectivity index (χ4n) is 26.3. The third kappa shape index (κ3) is 12.0. The van der Waals surface area contributed by atoms with E-state index in [1.165, 1.54) is 282 Å². The van der Waals surface area contributed by atoms with Gasteiger partial charge in [0.15, 0.2) is 0 Å². The van der Waals surface area contributed by atoms with E-state index in [0.29, 0.717) is 0 Å². The van der Waals surface area contributed by atoms with E-state index in [1.807, 2.05) is 22.7 Å². The van der Waals surface area contributed by atoms with Crippen molar-refractivity contribution in [1.82, 2.24) is 27.4 Å². The van der Waals surface area contributed by atoms with E-state index >= 15 is 0 Å². The van der Waals surface area contributed by atoms with Gasteiger partial charge in [-0.25, -0.2) is 0 Å². The molecule has 0 radical (unpaired) electrons. The largest absolute Gasteiger partial charge is 0.344 e. The quantitative estimate of drug-likeness (QED) is 0.145. The van der Waals surface area contributed by atoms with Crippen LogP contribution < -0.4 is 0 Å². The zero-order valence-corrected chi connectivity index (χ0v) is 84.1. The van der Waals surface area contributed by atoms with Crippen LogP contribution >= 0.6 is 22.7 Å². The zero-order valence-electron chi connectivity index (χ0n) is 82.5. The highest BCUT2D eigenvalue weighted by Gasteiger charge is 2.42. The van der Waals surface area contributed by atoms with E-state index in [2.05, 4.69) is 513 Å². The molecule has 8 aromatic heterocycles. The number of nitrogens with zero attached hydrogens (tertiary/aromatic N) is 6. The standard InChI is InChI=1S/2C23H15NS.4C22H19N/c1-24-18-12-6-4-10-16(18)20-21-17-11-5-7-13-19(17)25-23(21)15-9-3-2-8-14(15)22(20)24;1-24-18-12-6-4-10-16(18)20-14-8-2-3-9-15(14)23-21(22(20)24)17-11-5-7-13-19(17)25-23;1-22(2)17-10-6-4-9-16(17)20-18(22)13-12-15-14-8-5-7-11-19(14)23(3)21(15)20;1-22(2)18-10-6-4-8-14(18)16-13-21-17(12-19(16)22)15-9-5-7-11-20(15)23(21)3;1-22(2)18-10-6-4-8-14(18)16-12-17-15-9-5-7-11-20(15)23(3)21(17)13-19(16)22;1-22(2)16-10-6-4-8-14(16)20-17(22)12-13-19-21(20)15-9-5-7-11-18(15)23(19)3/h2*2-13H,1H3;4*4-13H,1-3H3. The van der Waals surface area contributed by atoms with Crippen molar-refractivity contribution in [3.63, 3.8) is 0 Å². The van der Waals surface area contributed by atoms with Gasteiger partial charge >= 0.3 is 0 Å². The van der Waals surface area contributed by atoms with Crippen molar-refractivity contribution < 1.29 is 0 Å². The number of rotatable bonds is 0. The first-order valence-electron chi connectivity index (χ1n) is 49.9. The number of hydrogen-bond donors (Lipinski definition) is 0. The monoisotopic (exact) mass is 1860 g/mol. The van der Waals surface area contributed by atoms with Gasteiger partial charge in [0.1, 0.15) is 0 Å². The molecule has 8 heterocycles. The minimum absolute atomic E-state index is 0.0660. The van der Waals surface area contributed by atoms with Gasteiger partial charge in [-0.2, -0.15) is 0 Å². The molecule has 0 atom stereocenters. The molecule has 4 aliphatic carbocycles. The van der Waals surface area contributed by atoms with E-state index < -0.39 is 0 Å². The molecule has 0 fully saturated rings. The Morgan fingerprint density at radius 1 is 0.162 bits per heavy atom. The van der Waals surface area contributed by atoms with Gasteiger partial charge in [-0.1, -0.05) is 365 Å². The summed E-state index contributed by atoms with van der Waals surface area (Å²) in [4.78, 5) is 0. The van der Waals surface area contributed by atoms with Crippen molar-refractivity contribution in [2.75, 3.05) is 0 Å². The van der Waals surface area contributed by atoms with Crippen LogP contribution in [-0.2, 0) is 63.9 Å². The van der Waals surface area contributed by atoms with Crippen LogP contribution in [0, 0.1) is 0 Å². The molecular formula is C134H106N6S2. The molecule has 32 rings (SSSR count). The summed E-state index contributed by atoms with van der Waals surface area (Å²) in [7, 11) is 13.1. The van der Waals surface area contributed by atoms with E-state index in [4.69, 9.17) is 0 Å². The second kappa shape index (κ2) is 31.3. The van der Waals surface area contributed by atoms with Gasteiger partial charge in [-0.15, -0.1) is 22.7 Å². The van der Waals surface area contributed by atoms with E-state index in [1.54, 1.807) is 0 Å². The predicted octanol–water partition coefficient (Wildman–Crippen LogP) is 36.3. The average molecular weight is 1860 g/mol. The molecule has 0 saturated carbocycles. The van der Waals surface area contributed by atoms with Crippen LogP contribution in [0.3, 0.4) is 0 Å². The summed E-state index contributed by atoms with van der Waals surface area (Å²) in [5.74, 6) is 0. The second-order valence-corrected chi connectivity index (χ2v) is 44.0. The smallest absolute Gasteiger partial charge is 0.0589 e. The number of thiophene rings is 2. The average Bonchev–Trinajstić information content (AvgIpc) is 1.56. The molecule has 28 aromatic rings. The molecule has 0 saturated heterocycles. The molecule has 0 bridgehead atoms. The van der Waals surface area contributed by atoms with Crippen LogP contribution in [0.4, 0.5) is 0 Å². The van der Waals surface area contributed by atoms with Crippen molar-refractivity contribution >= 4 is 215 Å². The summed E-state index contributed by atoms with van der Waals surface area (Å²) in [6.45, 7) is 18.7. The van der Waals surface area contributed by atoms with Crippen LogP contribution in [0.1, 0.15) is 99.9 Å². The fourth-order valence-corrected chi connectivity index (χ4v) is 28.8. The van der Waals surface area contributed by atoms with Crippen molar-refractivity contribution in [3.8, 4) is 44.5 Å². The predicted molar refractivity (Wildman–Crippen MR) is 614 cm³/mol. The molecule has 0 N–H and O–H groups in total. The topological polar surface area (TPSA) is 29.6 Å². The first-order chi connectivity index (χ1) is 69.1. The molecule has 0 amide bonds. The van der Waals surface area contributed by atoms with E-state index in [9.17, 15) is 0 Å². The summed E-state index contributed by atoms with van der Waals surface area (Å²) in [6, 6.07) is 142. The summed E-state index contributed by atoms with van der Waals surface area (Å²) in [5.41, 5.74) is 38.8. The maximum Gasteiger partial charge on any atom is 0.0589 e. The molecule has 8 heteroatoms. The Hall–Kier alpha value is -15.8. The normalized spacial score (nSPS) is 14.1. The van der Waals surface area contributed by atoms with Crippen LogP contribution in [0.25, 0.3) is 237 Å². The number of para-hydroxylation sites is 6. The number of benzene rings is 20. The summed E-state index contributed by atoms with van der Waals surface area (Å²) in [6.07, 6.45) is 0. The lowest BCUT2D eigenvalue weighted by atomic mass is 9.82. The third-order valence-corrected chi connectivity index (χ3v) is 35.6. The van der Waals surface area contributed by atoms with Crippen molar-refractivity contribution in [2.45, 2.75) is 77.0 Å². The van der Waals surface area contributed by atoms with Crippen LogP contribution in [0.15, 0.2) is 388 Å². The lowest BCUT2D eigenvalue weighted by Crippen LogP contribution is -2.14. The first-order valence-corrected chi connectivity index (χ1v) is 51.5. The second-order valence-electron chi connectivity index (χ2n) is 41.9. The van der Waals surface area contributed by atoms with Crippen LogP contribution in [0.5, 0.6) is 0 Å². The Kier molecular flexibility index (Phi) is 18.8. The van der Waals surface area contributed by atoms with Gasteiger partial charge in [0.05, 0.1) is 16.6 Å². The van der Waals surface area contributed by atoms with Gasteiger partial charge in [0.2, 0.25) is 0 Å². The van der Waals surface area contributed by atoms with Crippen LogP contribution in [0.2, 0.25) is 0 Å². The molecule has 6 nitrogen and oxygen atoms in total. The Bertz CT molecular complexity index is 10200. The summed E-state index contributed by atoms with van der Waals surface area (Å²) >= 11 is 3.83. The highest BCUT2D eigenvalue weighted by molar-refractivity contribution is 7.27. The SMILES string of the molecule is Cn1c2ccccc2c2c3c(ccc21)C(C)(C)c1ccccc1-3.Cn1c2ccccc2c2c3c4ccccc4sc3c3ccccc3c21.Cn1c2ccccc2c2c3ccccc3c3sc4ccccc4c3c21.Cn1c2ccccc2c2cc3c(cc21)-c1ccccc1C3(C)C.Cn1c2ccccc2c2cc3c(cc21)C(C)(C)c1ccccc1-3.Cn1c2ccccc2c2ccc3c(c21)-c1ccccc1C3(C)C. The molecule has 4 aliphatic rings. The van der Waals surface area contributed by atoms with Gasteiger partial charge in [0.25, 0.3) is 0 Å². The number of aryl methyl sites for hydroxylation is 6. The third-order valence-electron chi connectivity index (χ3n) is 33.2. The minimum atomic E-state index is 0.0660. The highest BCUT2D eigenvalue weighted by atomic mass is 32.1. The Balaban J connectivity index is 0.0000000852. The highest BCUT2D eigenvalue weighted by Crippen LogP contribution is 2.58. The molecule has 0 unspecified atom stereocenters. The maximum atomic E-state index is 2.42. The Morgan fingerprint density at radius 3 is 1.02 bits per heavy atom. The van der Waals surface area contributed by atoms with Gasteiger partial charge in [0, 0.05) is 240 Å². The van der Waals surface area contributed by atoms with Gasteiger partial charge < -0.3 is 27.4 Å². The van der Waals surface area contributed by atoms with E-state index in [-0.39, 0.29) is 21.7 Å². The molecule has 142 heavy (non-hydrogen) atoms. The molecule has 0 spiro atoms. The number of aromatic nitrogens is 6. The first kappa shape index (κ1) is 85.4. The molecule has 684 valence electrons. The lowest BCUT2D eigenvalue weighted by Gasteiger charge is -2.21. The summed E-state index contributed by atoms with van der Waals surface area (Å²) < 4.78 is 19.6. The molecule has 20 aromatic carbocycles. The van der Waals surface area contributed by atoms with Gasteiger partial charge in [-0.3, -0.25) is 0 Å².